The molecule has 4 aromatic carbocycles. The Kier molecular flexibility index (Phi) is 7.24. The highest BCUT2D eigenvalue weighted by molar-refractivity contribution is 7.87. The average molecular weight is 573 g/mol. The first kappa shape index (κ1) is 27.6. The molecule has 37 heavy (non-hydrogen) atoms. The molecule has 0 saturated carbocycles. The Bertz CT molecular complexity index is 1770. The number of aryl methyl sites for hydroxylation is 1. The summed E-state index contributed by atoms with van der Waals surface area (Å²) in [6, 6.07) is 7.30. The zero-order valence-electron chi connectivity index (χ0n) is 19.2. The summed E-state index contributed by atoms with van der Waals surface area (Å²) >= 11 is 0. The Labute approximate surface area is 212 Å². The predicted molar refractivity (Wildman–Crippen MR) is 135 cm³/mol. The highest BCUT2D eigenvalue weighted by atomic mass is 32.2. The van der Waals surface area contributed by atoms with E-state index in [1.54, 1.807) is 0 Å². The number of benzene rings is 4. The lowest BCUT2D eigenvalue weighted by Crippen LogP contribution is -2.07. The second kappa shape index (κ2) is 9.71. The normalized spacial score (nSPS) is 13.5. The summed E-state index contributed by atoms with van der Waals surface area (Å²) in [5.41, 5.74) is 0.488. The van der Waals surface area contributed by atoms with E-state index in [4.69, 9.17) is 10.2 Å². The van der Waals surface area contributed by atoms with Gasteiger partial charge in [-0.3, -0.25) is 13.7 Å². The van der Waals surface area contributed by atoms with Gasteiger partial charge in [0.25, 0.3) is 30.4 Å². The number of aliphatic hydroxyl groups excluding tert-OH is 1. The maximum absolute atomic E-state index is 12.3. The van der Waals surface area contributed by atoms with Crippen molar-refractivity contribution in [3.05, 3.63) is 42.0 Å². The molecule has 0 atom stereocenters. The molecule has 200 valence electrons. The minimum Gasteiger partial charge on any atom is -0.368 e. The maximum atomic E-state index is 12.3. The number of rotatable bonds is 10. The Morgan fingerprint density at radius 3 is 1.43 bits per heavy atom. The molecule has 0 amide bonds. The van der Waals surface area contributed by atoms with E-state index in [9.17, 15) is 38.9 Å². The topological polar surface area (TPSA) is 204 Å². The van der Waals surface area contributed by atoms with Crippen molar-refractivity contribution >= 4 is 62.7 Å². The zero-order valence-corrected chi connectivity index (χ0v) is 21.6. The van der Waals surface area contributed by atoms with Gasteiger partial charge in [-0.05, 0) is 54.2 Å². The molecule has 11 nitrogen and oxygen atoms in total. The van der Waals surface area contributed by atoms with Gasteiger partial charge in [-0.1, -0.05) is 37.1 Å². The molecule has 14 heteroatoms. The van der Waals surface area contributed by atoms with Crippen molar-refractivity contribution in [1.29, 1.82) is 0 Å². The fraction of sp³-hybridized carbons (Fsp3) is 0.304. The van der Waals surface area contributed by atoms with Gasteiger partial charge in [0.2, 0.25) is 0 Å². The molecule has 0 fully saturated rings. The highest BCUT2D eigenvalue weighted by Crippen LogP contribution is 2.43. The van der Waals surface area contributed by atoms with Crippen LogP contribution in [0.25, 0.3) is 32.3 Å². The lowest BCUT2D eigenvalue weighted by atomic mass is 9.90. The summed E-state index contributed by atoms with van der Waals surface area (Å²) in [5.74, 6) is 0. The Hall–Kier alpha value is -2.43. The van der Waals surface area contributed by atoms with E-state index in [0.29, 0.717) is 49.1 Å². The van der Waals surface area contributed by atoms with Crippen LogP contribution in [0.5, 0.6) is 0 Å². The molecule has 0 bridgehead atoms. The molecule has 0 unspecified atom stereocenters. The van der Waals surface area contributed by atoms with E-state index in [1.807, 2.05) is 0 Å². The van der Waals surface area contributed by atoms with E-state index in [2.05, 4.69) is 0 Å². The van der Waals surface area contributed by atoms with Crippen LogP contribution in [0.2, 0.25) is 0 Å². The van der Waals surface area contributed by atoms with Gasteiger partial charge in [-0.15, -0.1) is 0 Å². The molecule has 4 rings (SSSR count). The summed E-state index contributed by atoms with van der Waals surface area (Å²) in [6.07, 6.45) is 1.67. The van der Waals surface area contributed by atoms with Gasteiger partial charge in [0.05, 0.1) is 0 Å². The van der Waals surface area contributed by atoms with Crippen LogP contribution in [0.1, 0.15) is 37.7 Å². The van der Waals surface area contributed by atoms with Crippen LogP contribution in [0.15, 0.2) is 51.1 Å². The van der Waals surface area contributed by atoms with E-state index in [0.717, 1.165) is 0 Å². The van der Waals surface area contributed by atoms with Crippen molar-refractivity contribution in [2.75, 3.05) is 0 Å². The fourth-order valence-electron chi connectivity index (χ4n) is 4.81. The summed E-state index contributed by atoms with van der Waals surface area (Å²) in [5, 5.41) is 18.3. The van der Waals surface area contributed by atoms with Crippen LogP contribution in [-0.4, -0.2) is 55.4 Å². The van der Waals surface area contributed by atoms with Gasteiger partial charge >= 0.3 is 0 Å². The largest absolute Gasteiger partial charge is 0.368 e. The van der Waals surface area contributed by atoms with E-state index < -0.39 is 51.3 Å². The molecule has 5 N–H and O–H groups in total. The lowest BCUT2D eigenvalue weighted by molar-refractivity contribution is -0.0466. The molecule has 0 saturated heterocycles. The SMILES string of the molecule is O=S(=O)(O)c1cc(CCCCCCC(O)O)c2ccc3c(S(=O)(=O)O)cc(S(=O)(=O)O)c4ccc1c2c34. The van der Waals surface area contributed by atoms with Crippen LogP contribution < -0.4 is 0 Å². The van der Waals surface area contributed by atoms with Gasteiger partial charge < -0.3 is 10.2 Å². The van der Waals surface area contributed by atoms with Crippen molar-refractivity contribution in [2.45, 2.75) is 59.5 Å². The van der Waals surface area contributed by atoms with E-state index in [-0.39, 0.29) is 33.4 Å². The molecule has 0 aromatic heterocycles. The quantitative estimate of drug-likeness (QED) is 0.0808. The Balaban J connectivity index is 2.03. The third-order valence-corrected chi connectivity index (χ3v) is 9.04. The van der Waals surface area contributed by atoms with Crippen molar-refractivity contribution < 1.29 is 49.1 Å². The number of unbranched alkanes of at least 4 members (excludes halogenated alkanes) is 3. The van der Waals surface area contributed by atoms with Crippen LogP contribution >= 0.6 is 0 Å². The number of hydrogen-bond acceptors (Lipinski definition) is 8. The second-order valence-corrected chi connectivity index (χ2v) is 13.0. The van der Waals surface area contributed by atoms with Crippen LogP contribution in [0.3, 0.4) is 0 Å². The molecular formula is C23H24O11S3. The number of aliphatic hydroxyl groups is 2. The van der Waals surface area contributed by atoms with Crippen molar-refractivity contribution in [2.24, 2.45) is 0 Å². The Morgan fingerprint density at radius 1 is 0.568 bits per heavy atom. The smallest absolute Gasteiger partial charge is 0.295 e. The van der Waals surface area contributed by atoms with Gasteiger partial charge in [0.15, 0.2) is 6.29 Å². The monoisotopic (exact) mass is 572 g/mol. The predicted octanol–water partition coefficient (Wildman–Crippen LogP) is 3.13. The van der Waals surface area contributed by atoms with E-state index in [1.165, 1.54) is 30.3 Å². The van der Waals surface area contributed by atoms with Crippen LogP contribution in [0, 0.1) is 0 Å². The minimum absolute atomic E-state index is 0.00468. The van der Waals surface area contributed by atoms with Gasteiger partial charge in [0.1, 0.15) is 14.7 Å². The molecule has 0 aliphatic carbocycles. The Morgan fingerprint density at radius 2 is 0.973 bits per heavy atom. The first-order valence-electron chi connectivity index (χ1n) is 11.2. The minimum atomic E-state index is -4.97. The molecule has 0 spiro atoms. The molecule has 0 aliphatic heterocycles. The summed E-state index contributed by atoms with van der Waals surface area (Å²) < 4.78 is 103. The standard InChI is InChI=1S/C23H24O11S3/c24-21(25)6-4-2-1-3-5-13-11-18(35(26,27)28)15-9-10-17-20(37(32,33)34)12-19(36(29,30)31)16-8-7-14(13)22(15)23(16)17/h7-12,21,24-25H,1-6H2,(H,26,27,28)(H,29,30,31)(H,32,33,34). The summed E-state index contributed by atoms with van der Waals surface area (Å²) in [6.45, 7) is 0. The first-order valence-corrected chi connectivity index (χ1v) is 15.5. The average Bonchev–Trinajstić information content (AvgIpc) is 2.77. The summed E-state index contributed by atoms with van der Waals surface area (Å²) in [7, 11) is -14.7. The van der Waals surface area contributed by atoms with E-state index >= 15 is 0 Å². The van der Waals surface area contributed by atoms with Gasteiger partial charge in [-0.25, -0.2) is 0 Å². The highest BCUT2D eigenvalue weighted by Gasteiger charge is 2.27. The van der Waals surface area contributed by atoms with Crippen LogP contribution in [-0.2, 0) is 36.8 Å². The van der Waals surface area contributed by atoms with Crippen molar-refractivity contribution in [3.8, 4) is 0 Å². The summed E-state index contributed by atoms with van der Waals surface area (Å²) in [4.78, 5) is -2.03. The van der Waals surface area contributed by atoms with Crippen molar-refractivity contribution in [1.82, 2.24) is 0 Å². The molecule has 4 aromatic rings. The maximum Gasteiger partial charge on any atom is 0.295 e. The molecule has 0 radical (unpaired) electrons. The van der Waals surface area contributed by atoms with Gasteiger partial charge in [0, 0.05) is 21.5 Å². The molecule has 0 aliphatic rings. The second-order valence-electron chi connectivity index (χ2n) is 8.84. The van der Waals surface area contributed by atoms with Gasteiger partial charge in [-0.2, -0.15) is 25.3 Å². The van der Waals surface area contributed by atoms with Crippen molar-refractivity contribution in [3.63, 3.8) is 0 Å². The first-order chi connectivity index (χ1) is 17.1. The zero-order chi connectivity index (χ0) is 27.3. The number of hydrogen-bond donors (Lipinski definition) is 5. The molecular weight excluding hydrogens is 548 g/mol. The molecule has 0 heterocycles. The third kappa shape index (κ3) is 5.42. The fourth-order valence-corrected chi connectivity index (χ4v) is 7.05. The third-order valence-electron chi connectivity index (χ3n) is 6.36. The lowest BCUT2D eigenvalue weighted by Gasteiger charge is -2.18. The van der Waals surface area contributed by atoms with Crippen LogP contribution in [0.4, 0.5) is 0 Å².